The van der Waals surface area contributed by atoms with Gasteiger partial charge in [-0.3, -0.25) is 24.7 Å². The van der Waals surface area contributed by atoms with Crippen molar-refractivity contribution in [2.75, 3.05) is 19.6 Å². The molecule has 2 aromatic carbocycles. The van der Waals surface area contributed by atoms with Crippen molar-refractivity contribution in [1.29, 1.82) is 0 Å². The topological polar surface area (TPSA) is 135 Å². The lowest BCUT2D eigenvalue weighted by Gasteiger charge is -2.13. The minimum atomic E-state index is -0.273. The van der Waals surface area contributed by atoms with Crippen LogP contribution in [0.25, 0.3) is 22.8 Å². The van der Waals surface area contributed by atoms with Gasteiger partial charge >= 0.3 is 0 Å². The Bertz CT molecular complexity index is 2000. The minimum Gasteiger partial charge on any atom is -0.304 e. The van der Waals surface area contributed by atoms with E-state index >= 15 is 0 Å². The van der Waals surface area contributed by atoms with Crippen molar-refractivity contribution in [3.8, 4) is 22.8 Å². The lowest BCUT2D eigenvalue weighted by atomic mass is 10.1. The van der Waals surface area contributed by atoms with Crippen LogP contribution in [0.4, 0.5) is 8.78 Å². The molecule has 56 heavy (non-hydrogen) atoms. The van der Waals surface area contributed by atoms with Gasteiger partial charge in [-0.1, -0.05) is 58.9 Å². The first kappa shape index (κ1) is 44.9. The van der Waals surface area contributed by atoms with E-state index in [1.54, 1.807) is 69.0 Å². The molecule has 6 aromatic rings. The van der Waals surface area contributed by atoms with Crippen molar-refractivity contribution < 1.29 is 18.4 Å². The van der Waals surface area contributed by atoms with Gasteiger partial charge in [0.05, 0.1) is 0 Å². The average molecular weight is 786 g/mol. The summed E-state index contributed by atoms with van der Waals surface area (Å²) in [6.45, 7) is 13.6. The van der Waals surface area contributed by atoms with E-state index in [4.69, 9.17) is 11.6 Å². The Labute approximate surface area is 332 Å². The van der Waals surface area contributed by atoms with Gasteiger partial charge in [-0.15, -0.1) is 5.10 Å². The maximum atomic E-state index is 13.0. The highest BCUT2D eigenvalue weighted by Crippen LogP contribution is 2.17. The van der Waals surface area contributed by atoms with Crippen LogP contribution in [-0.2, 0) is 30.5 Å². The number of H-pyrrole nitrogens is 1. The van der Waals surface area contributed by atoms with Crippen molar-refractivity contribution in [3.63, 3.8) is 0 Å². The van der Waals surface area contributed by atoms with E-state index in [1.165, 1.54) is 48.6 Å². The molecule has 0 aliphatic rings. The number of aromatic amines is 1. The number of hydrogen-bond acceptors (Lipinski definition) is 9. The minimum absolute atomic E-state index is 0.105. The van der Waals surface area contributed by atoms with E-state index in [9.17, 15) is 18.4 Å². The highest BCUT2D eigenvalue weighted by Gasteiger charge is 2.16. The number of carbonyl (C=O) groups excluding carboxylic acids is 2. The number of nitrogens with zero attached hydrogens (tertiary/aromatic N) is 8. The fraction of sp³-hybridized carbons (Fsp3) is 0.333. The Morgan fingerprint density at radius 3 is 1.61 bits per heavy atom. The van der Waals surface area contributed by atoms with Gasteiger partial charge < -0.3 is 4.90 Å². The molecule has 0 fully saturated rings. The van der Waals surface area contributed by atoms with Crippen LogP contribution in [0.15, 0.2) is 97.6 Å². The summed E-state index contributed by atoms with van der Waals surface area (Å²) >= 11 is 4.82. The summed E-state index contributed by atoms with van der Waals surface area (Å²) in [4.78, 5) is 41.1. The van der Waals surface area contributed by atoms with E-state index < -0.39 is 0 Å². The molecule has 0 atom stereocenters. The zero-order valence-electron chi connectivity index (χ0n) is 32.6. The number of aromatic nitrogens is 8. The third-order valence-corrected chi connectivity index (χ3v) is 8.59. The van der Waals surface area contributed by atoms with Gasteiger partial charge in [0.25, 0.3) is 0 Å². The number of aryl methyl sites for hydroxylation is 4. The van der Waals surface area contributed by atoms with Crippen molar-refractivity contribution in [1.82, 2.24) is 44.8 Å². The van der Waals surface area contributed by atoms with Crippen LogP contribution in [0.2, 0.25) is 0 Å². The van der Waals surface area contributed by atoms with Gasteiger partial charge in [-0.2, -0.15) is 9.78 Å². The zero-order valence-corrected chi connectivity index (χ0v) is 33.4. The van der Waals surface area contributed by atoms with Crippen LogP contribution in [0.3, 0.4) is 0 Å². The van der Waals surface area contributed by atoms with Crippen LogP contribution in [-0.4, -0.2) is 75.6 Å². The average Bonchev–Trinajstić information content (AvgIpc) is 3.90. The lowest BCUT2D eigenvalue weighted by molar-refractivity contribution is -0.111. The normalized spacial score (nSPS) is 10.4. The molecule has 0 amide bonds. The largest absolute Gasteiger partial charge is 0.304 e. The SMILES string of the molecule is CCC(=O)Cl.CCC(=O)n1nc(-c2cccnc2)nc1CCc1ccc(F)cc1.CCN(CC)CC.Fc1ccc(CCc2nc(-c3cccnc3)n[nH]2)cc1. The number of carbonyl (C=O) groups is 2. The molecule has 0 aliphatic heterocycles. The van der Waals surface area contributed by atoms with Crippen molar-refractivity contribution >= 4 is 22.8 Å². The molecular formula is C42H50ClF2N9O2. The standard InChI is InChI=1S/C18H17FN4O.C15H13FN4.C6H15N.C3H5ClO/c1-2-17(24)23-16(10-7-13-5-8-15(19)9-6-13)21-18(22-23)14-4-3-11-20-12-14;16-13-6-3-11(4-7-13)5-8-14-18-15(20-19-14)12-2-1-9-17-10-12;1-4-7(5-2)6-3;1-2-3(4)5/h3-6,8-9,11-12H,2,7,10H2,1H3;1-4,6-7,9-10H,5,8H2,(H,18,19,20);4-6H2,1-3H3;2H2,1H3. The number of benzene rings is 2. The van der Waals surface area contributed by atoms with Crippen LogP contribution >= 0.6 is 11.6 Å². The summed E-state index contributed by atoms with van der Waals surface area (Å²) in [5.41, 5.74) is 3.71. The van der Waals surface area contributed by atoms with Crippen LogP contribution in [0.5, 0.6) is 0 Å². The van der Waals surface area contributed by atoms with Gasteiger partial charge in [0.1, 0.15) is 23.3 Å². The number of rotatable bonds is 13. The van der Waals surface area contributed by atoms with E-state index in [2.05, 4.69) is 60.9 Å². The van der Waals surface area contributed by atoms with Crippen LogP contribution in [0, 0.1) is 11.6 Å². The summed E-state index contributed by atoms with van der Waals surface area (Å²) in [6, 6.07) is 20.3. The second-order valence-electron chi connectivity index (χ2n) is 12.2. The molecule has 14 heteroatoms. The molecule has 0 saturated heterocycles. The molecule has 4 heterocycles. The Balaban J connectivity index is 0.000000236. The first-order valence-corrected chi connectivity index (χ1v) is 19.1. The summed E-state index contributed by atoms with van der Waals surface area (Å²) in [6.07, 6.45) is 10.3. The second-order valence-corrected chi connectivity index (χ2v) is 12.6. The smallest absolute Gasteiger partial charge is 0.248 e. The number of halogens is 3. The fourth-order valence-corrected chi connectivity index (χ4v) is 5.00. The Hall–Kier alpha value is -5.53. The third-order valence-electron chi connectivity index (χ3n) is 8.32. The monoisotopic (exact) mass is 785 g/mol. The molecule has 0 radical (unpaired) electrons. The summed E-state index contributed by atoms with van der Waals surface area (Å²) in [7, 11) is 0. The summed E-state index contributed by atoms with van der Waals surface area (Å²) < 4.78 is 27.2. The highest BCUT2D eigenvalue weighted by molar-refractivity contribution is 6.63. The van der Waals surface area contributed by atoms with Crippen LogP contribution in [0.1, 0.15) is 75.0 Å². The van der Waals surface area contributed by atoms with E-state index in [0.717, 1.165) is 40.9 Å². The fourth-order valence-electron chi connectivity index (χ4n) is 5.00. The molecule has 0 unspecified atom stereocenters. The maximum absolute atomic E-state index is 13.0. The van der Waals surface area contributed by atoms with Gasteiger partial charge in [-0.05, 0) is 104 Å². The number of pyridine rings is 2. The van der Waals surface area contributed by atoms with E-state index in [0.29, 0.717) is 43.2 Å². The molecule has 6 rings (SSSR count). The Morgan fingerprint density at radius 2 is 1.18 bits per heavy atom. The van der Waals surface area contributed by atoms with Crippen molar-refractivity contribution in [2.45, 2.75) is 73.1 Å². The third kappa shape index (κ3) is 15.7. The van der Waals surface area contributed by atoms with Crippen molar-refractivity contribution in [2.24, 2.45) is 0 Å². The molecule has 0 saturated carbocycles. The second kappa shape index (κ2) is 24.8. The van der Waals surface area contributed by atoms with Crippen LogP contribution < -0.4 is 0 Å². The quantitative estimate of drug-likeness (QED) is 0.114. The molecule has 0 aliphatic carbocycles. The van der Waals surface area contributed by atoms with E-state index in [-0.39, 0.29) is 22.8 Å². The molecular weight excluding hydrogens is 736 g/mol. The Kier molecular flexibility index (Phi) is 19.9. The van der Waals surface area contributed by atoms with Gasteiger partial charge in [0.15, 0.2) is 11.6 Å². The first-order chi connectivity index (χ1) is 27.1. The molecule has 1 N–H and O–H groups in total. The number of nitrogens with one attached hydrogen (secondary N) is 1. The summed E-state index contributed by atoms with van der Waals surface area (Å²) in [5, 5.41) is 11.2. The van der Waals surface area contributed by atoms with Gasteiger partial charge in [-0.25, -0.2) is 18.7 Å². The maximum Gasteiger partial charge on any atom is 0.248 e. The van der Waals surface area contributed by atoms with Gasteiger partial charge in [0, 0.05) is 61.6 Å². The van der Waals surface area contributed by atoms with Gasteiger partial charge in [0.2, 0.25) is 11.1 Å². The van der Waals surface area contributed by atoms with Crippen molar-refractivity contribution in [3.05, 3.63) is 132 Å². The molecule has 0 bridgehead atoms. The molecule has 0 spiro atoms. The predicted octanol–water partition coefficient (Wildman–Crippen LogP) is 8.62. The molecule has 296 valence electrons. The zero-order chi connectivity index (χ0) is 40.7. The first-order valence-electron chi connectivity index (χ1n) is 18.7. The lowest BCUT2D eigenvalue weighted by Crippen LogP contribution is -2.21. The molecule has 4 aromatic heterocycles. The van der Waals surface area contributed by atoms with E-state index in [1.807, 2.05) is 18.2 Å². The highest BCUT2D eigenvalue weighted by atomic mass is 35.5. The Morgan fingerprint density at radius 1 is 0.679 bits per heavy atom. The molecule has 11 nitrogen and oxygen atoms in total. The summed E-state index contributed by atoms with van der Waals surface area (Å²) in [5.74, 6) is 1.96. The number of hydrogen-bond donors (Lipinski definition) is 1. The predicted molar refractivity (Wildman–Crippen MR) is 216 cm³/mol.